The minimum atomic E-state index is -0.187. The van der Waals surface area contributed by atoms with Crippen molar-refractivity contribution in [3.05, 3.63) is 56.9 Å². The number of aliphatic imine (C=N–C) groups is 2. The first-order valence-corrected chi connectivity index (χ1v) is 6.87. The molecule has 108 valence electrons. The largest absolute Gasteiger partial charge is 0.350 e. The lowest BCUT2D eigenvalue weighted by Crippen LogP contribution is -2.34. The number of aryl methyl sites for hydroxylation is 1. The summed E-state index contributed by atoms with van der Waals surface area (Å²) in [7, 11) is 1.99. The SMILES string of the molecule is Cn1cc(C=c2c(=O)[nH][nH]c2=C2N=CC=N2)c2ccccc21. The van der Waals surface area contributed by atoms with Gasteiger partial charge in [-0.15, -0.1) is 0 Å². The third kappa shape index (κ3) is 1.85. The highest BCUT2D eigenvalue weighted by Crippen LogP contribution is 2.20. The molecule has 0 atom stereocenters. The van der Waals surface area contributed by atoms with Gasteiger partial charge in [-0.1, -0.05) is 18.2 Å². The van der Waals surface area contributed by atoms with Gasteiger partial charge in [-0.3, -0.25) is 15.0 Å². The maximum Gasteiger partial charge on any atom is 0.271 e. The van der Waals surface area contributed by atoms with Crippen molar-refractivity contribution < 1.29 is 0 Å². The summed E-state index contributed by atoms with van der Waals surface area (Å²) in [5.41, 5.74) is 1.91. The summed E-state index contributed by atoms with van der Waals surface area (Å²) in [6.45, 7) is 0. The molecule has 1 aliphatic rings. The highest BCUT2D eigenvalue weighted by atomic mass is 16.1. The van der Waals surface area contributed by atoms with Crippen LogP contribution >= 0.6 is 0 Å². The lowest BCUT2D eigenvalue weighted by Gasteiger charge is -1.92. The first-order valence-electron chi connectivity index (χ1n) is 6.87. The highest BCUT2D eigenvalue weighted by molar-refractivity contribution is 6.20. The van der Waals surface area contributed by atoms with Crippen molar-refractivity contribution in [3.63, 3.8) is 0 Å². The second kappa shape index (κ2) is 4.70. The van der Waals surface area contributed by atoms with E-state index in [1.807, 2.05) is 42.1 Å². The van der Waals surface area contributed by atoms with Crippen molar-refractivity contribution in [2.24, 2.45) is 17.0 Å². The Morgan fingerprint density at radius 2 is 1.91 bits per heavy atom. The van der Waals surface area contributed by atoms with E-state index in [9.17, 15) is 4.79 Å². The van der Waals surface area contributed by atoms with Crippen molar-refractivity contribution >= 4 is 35.2 Å². The number of H-pyrrole nitrogens is 2. The standard InChI is InChI=1S/C16H13N5O/c1-21-9-10(11-4-2-3-5-13(11)21)8-12-14(19-20-16(12)22)15-17-6-7-18-15/h2-9,19H,1H3,(H,20,22). The number of para-hydroxylation sites is 1. The minimum Gasteiger partial charge on any atom is -0.350 e. The van der Waals surface area contributed by atoms with Crippen LogP contribution in [0.25, 0.3) is 22.8 Å². The van der Waals surface area contributed by atoms with Crippen LogP contribution in [0.2, 0.25) is 0 Å². The maximum atomic E-state index is 12.1. The summed E-state index contributed by atoms with van der Waals surface area (Å²) in [5, 5.41) is 7.68. The third-order valence-corrected chi connectivity index (χ3v) is 3.73. The van der Waals surface area contributed by atoms with Crippen molar-refractivity contribution in [2.45, 2.75) is 0 Å². The van der Waals surface area contributed by atoms with Gasteiger partial charge in [-0.05, 0) is 12.1 Å². The number of rotatable bonds is 1. The molecule has 4 rings (SSSR count). The summed E-state index contributed by atoms with van der Waals surface area (Å²) in [5.74, 6) is 0.504. The molecule has 1 aliphatic heterocycles. The lowest BCUT2D eigenvalue weighted by molar-refractivity contribution is 0.968. The Morgan fingerprint density at radius 1 is 1.14 bits per heavy atom. The molecule has 0 unspecified atom stereocenters. The van der Waals surface area contributed by atoms with E-state index in [1.165, 1.54) is 0 Å². The number of nitrogens with one attached hydrogen (secondary N) is 2. The average Bonchev–Trinajstić information content (AvgIpc) is 3.23. The van der Waals surface area contributed by atoms with Crippen LogP contribution in [-0.2, 0) is 7.05 Å². The summed E-state index contributed by atoms with van der Waals surface area (Å²) in [4.78, 5) is 20.4. The monoisotopic (exact) mass is 291 g/mol. The predicted octanol–water partition coefficient (Wildman–Crippen LogP) is 0.244. The summed E-state index contributed by atoms with van der Waals surface area (Å²) in [6, 6.07) is 8.08. The molecular formula is C16H13N5O. The van der Waals surface area contributed by atoms with Gasteiger partial charge < -0.3 is 4.57 Å². The number of fused-ring (bicyclic) bond motifs is 1. The Morgan fingerprint density at radius 3 is 2.73 bits per heavy atom. The number of benzene rings is 1. The van der Waals surface area contributed by atoms with Crippen LogP contribution in [0.5, 0.6) is 0 Å². The van der Waals surface area contributed by atoms with Crippen LogP contribution in [0, 0.1) is 0 Å². The number of aromatic amines is 2. The zero-order chi connectivity index (χ0) is 15.1. The summed E-state index contributed by atoms with van der Waals surface area (Å²) < 4.78 is 2.04. The number of nitrogens with zero attached hydrogens (tertiary/aromatic N) is 3. The highest BCUT2D eigenvalue weighted by Gasteiger charge is 2.07. The van der Waals surface area contributed by atoms with Crippen LogP contribution in [-0.4, -0.2) is 27.2 Å². The van der Waals surface area contributed by atoms with Crippen molar-refractivity contribution in [1.29, 1.82) is 0 Å². The van der Waals surface area contributed by atoms with Crippen LogP contribution in [0.4, 0.5) is 0 Å². The lowest BCUT2D eigenvalue weighted by atomic mass is 10.1. The van der Waals surface area contributed by atoms with E-state index in [0.29, 0.717) is 16.4 Å². The van der Waals surface area contributed by atoms with Crippen molar-refractivity contribution in [3.8, 4) is 0 Å². The molecule has 1 aromatic carbocycles. The molecule has 0 bridgehead atoms. The zero-order valence-electron chi connectivity index (χ0n) is 11.9. The number of aromatic nitrogens is 3. The maximum absolute atomic E-state index is 12.1. The minimum absolute atomic E-state index is 0.187. The van der Waals surface area contributed by atoms with E-state index < -0.39 is 0 Å². The molecule has 3 aromatic rings. The molecule has 22 heavy (non-hydrogen) atoms. The Kier molecular flexibility index (Phi) is 2.69. The molecular weight excluding hydrogens is 278 g/mol. The van der Waals surface area contributed by atoms with Gasteiger partial charge in [0.15, 0.2) is 5.82 Å². The fraction of sp³-hybridized carbons (Fsp3) is 0.0625. The van der Waals surface area contributed by atoms with Gasteiger partial charge in [-0.25, -0.2) is 9.98 Å². The molecule has 0 radical (unpaired) electrons. The quantitative estimate of drug-likeness (QED) is 0.662. The van der Waals surface area contributed by atoms with Crippen LogP contribution in [0.1, 0.15) is 5.56 Å². The van der Waals surface area contributed by atoms with Gasteiger partial charge in [-0.2, -0.15) is 0 Å². The second-order valence-corrected chi connectivity index (χ2v) is 5.10. The van der Waals surface area contributed by atoms with Crippen molar-refractivity contribution in [2.75, 3.05) is 0 Å². The molecule has 0 spiro atoms. The van der Waals surface area contributed by atoms with Crippen molar-refractivity contribution in [1.82, 2.24) is 14.8 Å². The van der Waals surface area contributed by atoms with Gasteiger partial charge in [0.1, 0.15) is 5.35 Å². The normalized spacial score (nSPS) is 14.6. The van der Waals surface area contributed by atoms with Crippen LogP contribution in [0.3, 0.4) is 0 Å². The molecule has 2 N–H and O–H groups in total. The Labute approximate surface area is 124 Å². The Balaban J connectivity index is 2.08. The van der Waals surface area contributed by atoms with Gasteiger partial charge in [0.2, 0.25) is 0 Å². The molecule has 0 saturated carbocycles. The van der Waals surface area contributed by atoms with E-state index in [1.54, 1.807) is 12.4 Å². The number of hydrogen-bond acceptors (Lipinski definition) is 3. The van der Waals surface area contributed by atoms with Crippen LogP contribution in [0.15, 0.2) is 45.2 Å². The van der Waals surface area contributed by atoms with Gasteiger partial charge in [0, 0.05) is 42.1 Å². The fourth-order valence-electron chi connectivity index (χ4n) is 2.70. The number of hydrogen-bond donors (Lipinski definition) is 2. The topological polar surface area (TPSA) is 78.3 Å². The summed E-state index contributed by atoms with van der Waals surface area (Å²) >= 11 is 0. The molecule has 6 nitrogen and oxygen atoms in total. The molecule has 2 aromatic heterocycles. The second-order valence-electron chi connectivity index (χ2n) is 5.10. The predicted molar refractivity (Wildman–Crippen MR) is 87.5 cm³/mol. The third-order valence-electron chi connectivity index (χ3n) is 3.73. The Bertz CT molecular complexity index is 1090. The van der Waals surface area contributed by atoms with E-state index in [0.717, 1.165) is 16.5 Å². The Hall–Kier alpha value is -3.15. The average molecular weight is 291 g/mol. The zero-order valence-corrected chi connectivity index (χ0v) is 11.9. The molecule has 0 amide bonds. The van der Waals surface area contributed by atoms with Gasteiger partial charge in [0.25, 0.3) is 5.56 Å². The molecule has 6 heteroatoms. The van der Waals surface area contributed by atoms with E-state index in [-0.39, 0.29) is 5.56 Å². The smallest absolute Gasteiger partial charge is 0.271 e. The van der Waals surface area contributed by atoms with Gasteiger partial charge in [0.05, 0.1) is 5.22 Å². The van der Waals surface area contributed by atoms with E-state index >= 15 is 0 Å². The molecule has 0 aliphatic carbocycles. The molecule has 0 saturated heterocycles. The van der Waals surface area contributed by atoms with Crippen LogP contribution < -0.4 is 16.1 Å². The fourth-order valence-corrected chi connectivity index (χ4v) is 2.70. The first-order chi connectivity index (χ1) is 10.7. The van der Waals surface area contributed by atoms with E-state index in [2.05, 4.69) is 26.2 Å². The summed E-state index contributed by atoms with van der Waals surface area (Å²) in [6.07, 6.45) is 7.07. The molecule has 0 fully saturated rings. The first kappa shape index (κ1) is 12.6. The van der Waals surface area contributed by atoms with Gasteiger partial charge >= 0.3 is 0 Å². The van der Waals surface area contributed by atoms with E-state index in [4.69, 9.17) is 0 Å². The molecule has 3 heterocycles.